The first-order valence-electron chi connectivity index (χ1n) is 6.93. The van der Waals surface area contributed by atoms with Crippen LogP contribution in [0.4, 0.5) is 0 Å². The second-order valence-electron chi connectivity index (χ2n) is 5.66. The summed E-state index contributed by atoms with van der Waals surface area (Å²) in [6.07, 6.45) is 9.19. The van der Waals surface area contributed by atoms with Crippen molar-refractivity contribution < 1.29 is 9.53 Å². The topological polar surface area (TPSA) is 26.3 Å². The first-order valence-corrected chi connectivity index (χ1v) is 6.93. The first kappa shape index (κ1) is 15.0. The number of allylic oxidation sites excluding steroid dienone is 4. The summed E-state index contributed by atoms with van der Waals surface area (Å²) in [6.45, 7) is 8.62. The number of carbonyl (C=O) groups is 1. The molecule has 0 saturated carbocycles. The Morgan fingerprint density at radius 1 is 1.44 bits per heavy atom. The summed E-state index contributed by atoms with van der Waals surface area (Å²) in [5.74, 6) is 0.956. The molecule has 0 saturated heterocycles. The molecular weight excluding hydrogens is 224 g/mol. The van der Waals surface area contributed by atoms with Gasteiger partial charge in [-0.1, -0.05) is 30.2 Å². The normalized spacial score (nSPS) is 23.2. The molecule has 0 unspecified atom stereocenters. The van der Waals surface area contributed by atoms with Gasteiger partial charge in [0.25, 0.3) is 0 Å². The lowest BCUT2D eigenvalue weighted by molar-refractivity contribution is -0.142. The summed E-state index contributed by atoms with van der Waals surface area (Å²) in [6, 6.07) is 0. The average Bonchev–Trinajstić information content (AvgIpc) is 2.27. The van der Waals surface area contributed by atoms with Crippen LogP contribution in [0.2, 0.25) is 0 Å². The summed E-state index contributed by atoms with van der Waals surface area (Å²) in [5, 5.41) is 0. The summed E-state index contributed by atoms with van der Waals surface area (Å²) >= 11 is 0. The maximum absolute atomic E-state index is 10.8. The molecule has 0 aromatic rings. The number of carbonyl (C=O) groups excluding carboxylic acids is 1. The van der Waals surface area contributed by atoms with Crippen LogP contribution in [-0.2, 0) is 9.53 Å². The standard InChI is InChI=1S/C16H26O2/c1-12(2)6-5-7-15-8-9-16(13(3)10-15)11-18-14(4)17/h6,8,13,16H,5,7,9-11H2,1-4H3/t13-,16+/m0/s1. The Labute approximate surface area is 111 Å². The third kappa shape index (κ3) is 5.52. The maximum Gasteiger partial charge on any atom is 0.302 e. The zero-order chi connectivity index (χ0) is 13.5. The Bertz CT molecular complexity index is 335. The van der Waals surface area contributed by atoms with Crippen LogP contribution >= 0.6 is 0 Å². The summed E-state index contributed by atoms with van der Waals surface area (Å²) in [4.78, 5) is 10.8. The van der Waals surface area contributed by atoms with E-state index < -0.39 is 0 Å². The molecule has 2 atom stereocenters. The Balaban J connectivity index is 2.38. The van der Waals surface area contributed by atoms with Crippen molar-refractivity contribution >= 4 is 5.97 Å². The smallest absolute Gasteiger partial charge is 0.302 e. The number of hydrogen-bond donors (Lipinski definition) is 0. The van der Waals surface area contributed by atoms with Gasteiger partial charge in [0.1, 0.15) is 0 Å². The van der Waals surface area contributed by atoms with Crippen molar-refractivity contribution in [3.8, 4) is 0 Å². The molecule has 0 spiro atoms. The molecule has 1 rings (SSSR count). The zero-order valence-electron chi connectivity index (χ0n) is 12.2. The van der Waals surface area contributed by atoms with Crippen LogP contribution in [0.5, 0.6) is 0 Å². The average molecular weight is 250 g/mol. The van der Waals surface area contributed by atoms with Crippen LogP contribution in [0, 0.1) is 11.8 Å². The summed E-state index contributed by atoms with van der Waals surface area (Å²) in [7, 11) is 0. The van der Waals surface area contributed by atoms with Crippen molar-refractivity contribution in [2.24, 2.45) is 11.8 Å². The molecule has 1 aliphatic rings. The fourth-order valence-corrected chi connectivity index (χ4v) is 2.42. The second-order valence-corrected chi connectivity index (χ2v) is 5.66. The van der Waals surface area contributed by atoms with Gasteiger partial charge in [0.2, 0.25) is 0 Å². The molecular formula is C16H26O2. The van der Waals surface area contributed by atoms with E-state index in [1.54, 1.807) is 5.57 Å². The lowest BCUT2D eigenvalue weighted by atomic mass is 9.80. The van der Waals surface area contributed by atoms with Crippen molar-refractivity contribution in [2.45, 2.75) is 53.4 Å². The molecule has 0 aromatic carbocycles. The van der Waals surface area contributed by atoms with E-state index in [4.69, 9.17) is 4.74 Å². The van der Waals surface area contributed by atoms with Gasteiger partial charge in [0.05, 0.1) is 6.61 Å². The number of rotatable bonds is 5. The lowest BCUT2D eigenvalue weighted by Gasteiger charge is -2.28. The highest BCUT2D eigenvalue weighted by molar-refractivity contribution is 5.65. The maximum atomic E-state index is 10.8. The second kappa shape index (κ2) is 7.40. The monoisotopic (exact) mass is 250 g/mol. The van der Waals surface area contributed by atoms with E-state index in [2.05, 4.69) is 32.9 Å². The molecule has 2 nitrogen and oxygen atoms in total. The Kier molecular flexibility index (Phi) is 6.17. The van der Waals surface area contributed by atoms with E-state index >= 15 is 0 Å². The molecule has 0 heterocycles. The zero-order valence-corrected chi connectivity index (χ0v) is 12.2. The molecule has 0 radical (unpaired) electrons. The number of esters is 1. The van der Waals surface area contributed by atoms with Crippen molar-refractivity contribution in [1.82, 2.24) is 0 Å². The Morgan fingerprint density at radius 2 is 2.17 bits per heavy atom. The molecule has 2 heteroatoms. The minimum Gasteiger partial charge on any atom is -0.466 e. The minimum atomic E-state index is -0.166. The van der Waals surface area contributed by atoms with Gasteiger partial charge in [-0.2, -0.15) is 0 Å². The van der Waals surface area contributed by atoms with Crippen LogP contribution in [0.1, 0.15) is 53.4 Å². The quantitative estimate of drug-likeness (QED) is 0.538. The van der Waals surface area contributed by atoms with E-state index in [1.165, 1.54) is 18.9 Å². The van der Waals surface area contributed by atoms with E-state index in [0.717, 1.165) is 19.3 Å². The fraction of sp³-hybridized carbons (Fsp3) is 0.688. The molecule has 1 aliphatic carbocycles. The summed E-state index contributed by atoms with van der Waals surface area (Å²) < 4.78 is 5.12. The largest absolute Gasteiger partial charge is 0.466 e. The Morgan fingerprint density at radius 3 is 2.72 bits per heavy atom. The molecule has 102 valence electrons. The molecule has 0 bridgehead atoms. The van der Waals surface area contributed by atoms with Crippen LogP contribution in [0.25, 0.3) is 0 Å². The third-order valence-electron chi connectivity index (χ3n) is 3.62. The van der Waals surface area contributed by atoms with Crippen molar-refractivity contribution in [3.05, 3.63) is 23.3 Å². The SMILES string of the molecule is CC(=O)OC[C@H]1CC=C(CCC=C(C)C)C[C@@H]1C. The highest BCUT2D eigenvalue weighted by Crippen LogP contribution is 2.31. The Hall–Kier alpha value is -1.05. The van der Waals surface area contributed by atoms with E-state index in [9.17, 15) is 4.79 Å². The third-order valence-corrected chi connectivity index (χ3v) is 3.62. The first-order chi connectivity index (χ1) is 8.49. The number of hydrogen-bond acceptors (Lipinski definition) is 2. The molecule has 0 N–H and O–H groups in total. The predicted octanol–water partition coefficient (Wildman–Crippen LogP) is 4.27. The molecule has 0 amide bonds. The van der Waals surface area contributed by atoms with Crippen LogP contribution in [0.15, 0.2) is 23.3 Å². The van der Waals surface area contributed by atoms with Crippen LogP contribution in [0.3, 0.4) is 0 Å². The van der Waals surface area contributed by atoms with Gasteiger partial charge >= 0.3 is 5.97 Å². The van der Waals surface area contributed by atoms with E-state index in [0.29, 0.717) is 18.4 Å². The summed E-state index contributed by atoms with van der Waals surface area (Å²) in [5.41, 5.74) is 2.96. The van der Waals surface area contributed by atoms with Gasteiger partial charge in [-0.15, -0.1) is 0 Å². The minimum absolute atomic E-state index is 0.166. The highest BCUT2D eigenvalue weighted by atomic mass is 16.5. The predicted molar refractivity (Wildman–Crippen MR) is 75.3 cm³/mol. The number of ether oxygens (including phenoxy) is 1. The van der Waals surface area contributed by atoms with Crippen LogP contribution in [-0.4, -0.2) is 12.6 Å². The van der Waals surface area contributed by atoms with Crippen molar-refractivity contribution in [1.29, 1.82) is 0 Å². The van der Waals surface area contributed by atoms with Crippen LogP contribution < -0.4 is 0 Å². The van der Waals surface area contributed by atoms with E-state index in [-0.39, 0.29) is 5.97 Å². The van der Waals surface area contributed by atoms with Gasteiger partial charge in [-0.05, 0) is 51.4 Å². The van der Waals surface area contributed by atoms with Crippen molar-refractivity contribution in [3.63, 3.8) is 0 Å². The molecule has 0 aliphatic heterocycles. The van der Waals surface area contributed by atoms with Gasteiger partial charge in [0.15, 0.2) is 0 Å². The highest BCUT2D eigenvalue weighted by Gasteiger charge is 2.22. The van der Waals surface area contributed by atoms with Gasteiger partial charge < -0.3 is 4.74 Å². The lowest BCUT2D eigenvalue weighted by Crippen LogP contribution is -2.22. The molecule has 0 aromatic heterocycles. The van der Waals surface area contributed by atoms with Gasteiger partial charge in [-0.3, -0.25) is 4.79 Å². The van der Waals surface area contributed by atoms with E-state index in [1.807, 2.05) is 0 Å². The molecule has 0 fully saturated rings. The van der Waals surface area contributed by atoms with Gasteiger partial charge in [0, 0.05) is 6.92 Å². The molecule has 18 heavy (non-hydrogen) atoms. The van der Waals surface area contributed by atoms with Gasteiger partial charge in [-0.25, -0.2) is 0 Å². The van der Waals surface area contributed by atoms with Crippen molar-refractivity contribution in [2.75, 3.05) is 6.61 Å². The fourth-order valence-electron chi connectivity index (χ4n) is 2.42.